The molecule has 3 heterocycles. The first-order chi connectivity index (χ1) is 12.1. The molecule has 2 amide bonds. The molecular formula is C18H27N3O3S. The van der Waals surface area contributed by atoms with Gasteiger partial charge >= 0.3 is 0 Å². The van der Waals surface area contributed by atoms with Crippen molar-refractivity contribution in [3.63, 3.8) is 0 Å². The third kappa shape index (κ3) is 5.03. The largest absolute Gasteiger partial charge is 0.379 e. The average Bonchev–Trinajstić information content (AvgIpc) is 3.16. The molecule has 1 aromatic rings. The van der Waals surface area contributed by atoms with Gasteiger partial charge in [0, 0.05) is 45.2 Å². The predicted octanol–water partition coefficient (Wildman–Crippen LogP) is 1.39. The molecule has 2 aliphatic heterocycles. The zero-order chi connectivity index (χ0) is 17.6. The lowest BCUT2D eigenvalue weighted by Gasteiger charge is -2.37. The molecule has 0 radical (unpaired) electrons. The lowest BCUT2D eigenvalue weighted by atomic mass is 9.97. The Labute approximate surface area is 153 Å². The summed E-state index contributed by atoms with van der Waals surface area (Å²) in [7, 11) is 1.70. The Balaban J connectivity index is 1.48. The van der Waals surface area contributed by atoms with Gasteiger partial charge in [0.1, 0.15) is 0 Å². The number of thiophene rings is 1. The first kappa shape index (κ1) is 18.4. The third-order valence-corrected chi connectivity index (χ3v) is 5.66. The molecule has 2 aliphatic rings. The first-order valence-corrected chi connectivity index (χ1v) is 9.93. The highest BCUT2D eigenvalue weighted by Crippen LogP contribution is 2.19. The number of amides is 2. The van der Waals surface area contributed by atoms with Gasteiger partial charge in [-0.15, -0.1) is 0 Å². The lowest BCUT2D eigenvalue weighted by molar-refractivity contribution is -0.133. The van der Waals surface area contributed by atoms with Gasteiger partial charge in [-0.25, -0.2) is 0 Å². The van der Waals surface area contributed by atoms with Crippen molar-refractivity contribution in [1.29, 1.82) is 0 Å². The fraction of sp³-hybridized carbons (Fsp3) is 0.667. The monoisotopic (exact) mass is 365 g/mol. The van der Waals surface area contributed by atoms with Crippen molar-refractivity contribution in [3.8, 4) is 0 Å². The smallest absolute Gasteiger partial charge is 0.254 e. The Bertz CT molecular complexity index is 572. The summed E-state index contributed by atoms with van der Waals surface area (Å²) < 4.78 is 5.40. The summed E-state index contributed by atoms with van der Waals surface area (Å²) in [4.78, 5) is 30.8. The normalized spacial score (nSPS) is 22.0. The molecule has 2 saturated heterocycles. The maximum absolute atomic E-state index is 12.6. The highest BCUT2D eigenvalue weighted by molar-refractivity contribution is 7.08. The fourth-order valence-corrected chi connectivity index (χ4v) is 4.20. The second-order valence-corrected chi connectivity index (χ2v) is 7.71. The van der Waals surface area contributed by atoms with Crippen LogP contribution in [0, 0.1) is 5.92 Å². The van der Waals surface area contributed by atoms with Crippen molar-refractivity contribution < 1.29 is 14.3 Å². The van der Waals surface area contributed by atoms with E-state index in [0.29, 0.717) is 11.5 Å². The minimum Gasteiger partial charge on any atom is -0.379 e. The molecule has 0 N–H and O–H groups in total. The molecule has 0 unspecified atom stereocenters. The molecule has 1 atom stereocenters. The molecule has 25 heavy (non-hydrogen) atoms. The van der Waals surface area contributed by atoms with Gasteiger partial charge in [0.2, 0.25) is 5.91 Å². The molecular weight excluding hydrogens is 338 g/mol. The van der Waals surface area contributed by atoms with Gasteiger partial charge in [0.25, 0.3) is 5.91 Å². The van der Waals surface area contributed by atoms with Crippen LogP contribution in [0.5, 0.6) is 0 Å². The van der Waals surface area contributed by atoms with Gasteiger partial charge in [-0.3, -0.25) is 14.5 Å². The maximum Gasteiger partial charge on any atom is 0.254 e. The van der Waals surface area contributed by atoms with Crippen LogP contribution in [0.1, 0.15) is 23.2 Å². The molecule has 3 rings (SSSR count). The number of ether oxygens (including phenoxy) is 1. The molecule has 1 aromatic heterocycles. The summed E-state index contributed by atoms with van der Waals surface area (Å²) in [6.07, 6.45) is 2.22. The van der Waals surface area contributed by atoms with Crippen molar-refractivity contribution in [2.45, 2.75) is 12.8 Å². The minimum atomic E-state index is -0.0866. The first-order valence-electron chi connectivity index (χ1n) is 8.99. The molecule has 0 aromatic carbocycles. The third-order valence-electron chi connectivity index (χ3n) is 4.98. The van der Waals surface area contributed by atoms with Gasteiger partial charge in [0.15, 0.2) is 0 Å². The number of rotatable bonds is 5. The van der Waals surface area contributed by atoms with E-state index in [1.165, 1.54) is 22.7 Å². The van der Waals surface area contributed by atoms with E-state index in [1.807, 2.05) is 15.7 Å². The number of hydrogen-bond acceptors (Lipinski definition) is 5. The summed E-state index contributed by atoms with van der Waals surface area (Å²) >= 11 is 1.49. The summed E-state index contributed by atoms with van der Waals surface area (Å²) in [5, 5.41) is 3.70. The highest BCUT2D eigenvalue weighted by Gasteiger charge is 2.27. The van der Waals surface area contributed by atoms with Crippen molar-refractivity contribution in [3.05, 3.63) is 22.4 Å². The zero-order valence-electron chi connectivity index (χ0n) is 14.9. The molecule has 0 bridgehead atoms. The van der Waals surface area contributed by atoms with E-state index in [9.17, 15) is 9.59 Å². The SMILES string of the molecule is CN(CC(=O)N1CCC[C@H](CN2CCOCC2)C1)C(=O)c1ccsc1. The number of morpholine rings is 1. The van der Waals surface area contributed by atoms with E-state index in [0.717, 1.165) is 52.4 Å². The van der Waals surface area contributed by atoms with Gasteiger partial charge in [-0.1, -0.05) is 0 Å². The van der Waals surface area contributed by atoms with Gasteiger partial charge < -0.3 is 14.5 Å². The van der Waals surface area contributed by atoms with Crippen LogP contribution in [-0.4, -0.2) is 86.0 Å². The summed E-state index contributed by atoms with van der Waals surface area (Å²) in [6.45, 7) is 6.39. The van der Waals surface area contributed by atoms with E-state index < -0.39 is 0 Å². The Hall–Kier alpha value is -1.44. The fourth-order valence-electron chi connectivity index (χ4n) is 3.57. The lowest BCUT2D eigenvalue weighted by Crippen LogP contribution is -2.48. The molecule has 2 fully saturated rings. The second kappa shape index (κ2) is 8.78. The average molecular weight is 365 g/mol. The van der Waals surface area contributed by atoms with Crippen LogP contribution >= 0.6 is 11.3 Å². The van der Waals surface area contributed by atoms with E-state index >= 15 is 0 Å². The zero-order valence-corrected chi connectivity index (χ0v) is 15.7. The standard InChI is InChI=1S/C18H27N3O3S/c1-19(18(23)16-4-10-25-14-16)13-17(22)21-5-2-3-15(12-21)11-20-6-8-24-9-7-20/h4,10,14-15H,2-3,5-9,11-13H2,1H3/t15-/m1/s1. The number of carbonyl (C=O) groups excluding carboxylic acids is 2. The van der Waals surface area contributed by atoms with E-state index in [1.54, 1.807) is 13.1 Å². The minimum absolute atomic E-state index is 0.0535. The molecule has 0 saturated carbocycles. The molecule has 7 heteroatoms. The Morgan fingerprint density at radius 3 is 2.84 bits per heavy atom. The summed E-state index contributed by atoms with van der Waals surface area (Å²) in [5.41, 5.74) is 0.657. The number of likely N-dealkylation sites (tertiary alicyclic amines) is 1. The van der Waals surface area contributed by atoms with Crippen molar-refractivity contribution in [2.75, 3.05) is 59.5 Å². The van der Waals surface area contributed by atoms with Gasteiger partial charge in [-0.05, 0) is 30.2 Å². The van der Waals surface area contributed by atoms with E-state index in [2.05, 4.69) is 4.90 Å². The van der Waals surface area contributed by atoms with Gasteiger partial charge in [-0.2, -0.15) is 11.3 Å². The second-order valence-electron chi connectivity index (χ2n) is 6.93. The highest BCUT2D eigenvalue weighted by atomic mass is 32.1. The predicted molar refractivity (Wildman–Crippen MR) is 97.8 cm³/mol. The topological polar surface area (TPSA) is 53.1 Å². The quantitative estimate of drug-likeness (QED) is 0.791. The van der Waals surface area contributed by atoms with Gasteiger partial charge in [0.05, 0.1) is 25.3 Å². The van der Waals surface area contributed by atoms with E-state index in [4.69, 9.17) is 4.74 Å². The van der Waals surface area contributed by atoms with E-state index in [-0.39, 0.29) is 18.4 Å². The van der Waals surface area contributed by atoms with Crippen LogP contribution in [0.3, 0.4) is 0 Å². The van der Waals surface area contributed by atoms with Crippen LogP contribution in [-0.2, 0) is 9.53 Å². The van der Waals surface area contributed by atoms with Crippen molar-refractivity contribution in [2.24, 2.45) is 5.92 Å². The maximum atomic E-state index is 12.6. The van der Waals surface area contributed by atoms with Crippen LogP contribution in [0.15, 0.2) is 16.8 Å². The number of hydrogen-bond donors (Lipinski definition) is 0. The number of likely N-dealkylation sites (N-methyl/N-ethyl adjacent to an activating group) is 1. The Morgan fingerprint density at radius 1 is 1.32 bits per heavy atom. The van der Waals surface area contributed by atoms with Crippen molar-refractivity contribution >= 4 is 23.2 Å². The molecule has 138 valence electrons. The van der Waals surface area contributed by atoms with Crippen LogP contribution in [0.25, 0.3) is 0 Å². The van der Waals surface area contributed by atoms with Crippen LogP contribution in [0.2, 0.25) is 0 Å². The molecule has 0 spiro atoms. The number of nitrogens with zero attached hydrogens (tertiary/aromatic N) is 3. The number of piperidine rings is 1. The summed E-state index contributed by atoms with van der Waals surface area (Å²) in [5.74, 6) is 0.489. The van der Waals surface area contributed by atoms with Crippen molar-refractivity contribution in [1.82, 2.24) is 14.7 Å². The van der Waals surface area contributed by atoms with Crippen LogP contribution < -0.4 is 0 Å². The Morgan fingerprint density at radius 2 is 2.12 bits per heavy atom. The molecule has 0 aliphatic carbocycles. The Kier molecular flexibility index (Phi) is 6.45. The van der Waals surface area contributed by atoms with Crippen LogP contribution in [0.4, 0.5) is 0 Å². The summed E-state index contributed by atoms with van der Waals surface area (Å²) in [6, 6.07) is 1.80. The molecule has 6 nitrogen and oxygen atoms in total. The number of carbonyl (C=O) groups is 2.